The second kappa shape index (κ2) is 11.4. The Hall–Kier alpha value is -3.06. The van der Waals surface area contributed by atoms with Gasteiger partial charge in [-0.15, -0.1) is 0 Å². The quantitative estimate of drug-likeness (QED) is 0.415. The third kappa shape index (κ3) is 6.72. The lowest BCUT2D eigenvalue weighted by Crippen LogP contribution is -2.36. The van der Waals surface area contributed by atoms with Crippen molar-refractivity contribution in [3.63, 3.8) is 0 Å². The number of nitrogens with zero attached hydrogens (tertiary/aromatic N) is 2. The molecule has 0 saturated carbocycles. The number of aliphatic imine (C=N–C) groups is 1. The highest BCUT2D eigenvalue weighted by molar-refractivity contribution is 7.97. The Morgan fingerprint density at radius 1 is 1.00 bits per heavy atom. The molecular formula is C24H27FN4OS. The van der Waals surface area contributed by atoms with Crippen LogP contribution in [0.25, 0.3) is 0 Å². The average molecular weight is 439 g/mol. The van der Waals surface area contributed by atoms with Gasteiger partial charge < -0.3 is 15.2 Å². The van der Waals surface area contributed by atoms with Crippen molar-refractivity contribution in [1.82, 2.24) is 15.2 Å². The zero-order valence-corrected chi connectivity index (χ0v) is 18.6. The molecule has 0 radical (unpaired) electrons. The van der Waals surface area contributed by atoms with Gasteiger partial charge in [-0.2, -0.15) is 11.8 Å². The molecule has 3 rings (SSSR count). The van der Waals surface area contributed by atoms with Crippen molar-refractivity contribution < 1.29 is 4.39 Å². The van der Waals surface area contributed by atoms with E-state index in [1.54, 1.807) is 47.8 Å². The van der Waals surface area contributed by atoms with E-state index in [-0.39, 0.29) is 11.4 Å². The maximum absolute atomic E-state index is 13.5. The third-order valence-electron chi connectivity index (χ3n) is 4.87. The van der Waals surface area contributed by atoms with Gasteiger partial charge in [0.2, 0.25) is 0 Å². The number of halogens is 1. The molecule has 5 nitrogen and oxygen atoms in total. The van der Waals surface area contributed by atoms with Gasteiger partial charge in [0.25, 0.3) is 5.56 Å². The number of benzene rings is 2. The minimum Gasteiger partial charge on any atom is -0.352 e. The summed E-state index contributed by atoms with van der Waals surface area (Å²) >= 11 is 1.67. The second-order valence-electron chi connectivity index (χ2n) is 7.11. The van der Waals surface area contributed by atoms with Crippen LogP contribution in [0.2, 0.25) is 0 Å². The lowest BCUT2D eigenvalue weighted by atomic mass is 10.1. The Morgan fingerprint density at radius 2 is 1.74 bits per heavy atom. The first-order chi connectivity index (χ1) is 15.1. The fourth-order valence-corrected chi connectivity index (χ4v) is 3.77. The molecule has 0 aliphatic rings. The van der Waals surface area contributed by atoms with Crippen LogP contribution in [0, 0.1) is 5.82 Å². The molecule has 0 aliphatic heterocycles. The van der Waals surface area contributed by atoms with Gasteiger partial charge in [0.05, 0.1) is 6.54 Å². The Labute approximate surface area is 186 Å². The Morgan fingerprint density at radius 3 is 2.45 bits per heavy atom. The lowest BCUT2D eigenvalue weighted by Gasteiger charge is -2.14. The van der Waals surface area contributed by atoms with Crippen molar-refractivity contribution in [2.75, 3.05) is 13.3 Å². The molecule has 2 aromatic carbocycles. The monoisotopic (exact) mass is 438 g/mol. The van der Waals surface area contributed by atoms with Gasteiger partial charge in [-0.1, -0.05) is 36.4 Å². The fourth-order valence-electron chi connectivity index (χ4n) is 3.19. The van der Waals surface area contributed by atoms with E-state index in [2.05, 4.69) is 15.6 Å². The second-order valence-corrected chi connectivity index (χ2v) is 7.97. The van der Waals surface area contributed by atoms with Gasteiger partial charge in [0, 0.05) is 38.2 Å². The molecule has 0 atom stereocenters. The number of aromatic nitrogens is 1. The highest BCUT2D eigenvalue weighted by Gasteiger charge is 2.06. The van der Waals surface area contributed by atoms with Crippen LogP contribution < -0.4 is 16.2 Å². The van der Waals surface area contributed by atoms with Crippen molar-refractivity contribution in [3.8, 4) is 0 Å². The number of thioether (sulfide) groups is 1. The molecule has 31 heavy (non-hydrogen) atoms. The summed E-state index contributed by atoms with van der Waals surface area (Å²) in [6.07, 6.45) is 3.80. The van der Waals surface area contributed by atoms with Crippen LogP contribution in [0.1, 0.15) is 22.3 Å². The van der Waals surface area contributed by atoms with E-state index in [1.165, 1.54) is 6.07 Å². The summed E-state index contributed by atoms with van der Waals surface area (Å²) in [6, 6.07) is 18.2. The average Bonchev–Trinajstić information content (AvgIpc) is 2.78. The fraction of sp³-hybridized carbons (Fsp3) is 0.250. The summed E-state index contributed by atoms with van der Waals surface area (Å²) in [5.74, 6) is 1.23. The molecule has 0 aliphatic carbocycles. The summed E-state index contributed by atoms with van der Waals surface area (Å²) < 4.78 is 15.2. The molecule has 2 N–H and O–H groups in total. The number of hydrogen-bond donors (Lipinski definition) is 2. The van der Waals surface area contributed by atoms with Crippen molar-refractivity contribution in [2.45, 2.75) is 25.4 Å². The maximum Gasteiger partial charge on any atom is 0.250 e. The predicted octanol–water partition coefficient (Wildman–Crippen LogP) is 3.76. The molecule has 0 amide bonds. The normalized spacial score (nSPS) is 11.4. The van der Waals surface area contributed by atoms with E-state index in [0.29, 0.717) is 25.6 Å². The first-order valence-corrected chi connectivity index (χ1v) is 11.4. The molecule has 0 fully saturated rings. The molecule has 1 heterocycles. The summed E-state index contributed by atoms with van der Waals surface area (Å²) in [5, 5.41) is 6.60. The maximum atomic E-state index is 13.5. The van der Waals surface area contributed by atoms with E-state index >= 15 is 0 Å². The van der Waals surface area contributed by atoms with E-state index in [4.69, 9.17) is 0 Å². The van der Waals surface area contributed by atoms with E-state index < -0.39 is 0 Å². The Kier molecular flexibility index (Phi) is 8.29. The molecule has 0 unspecified atom stereocenters. The summed E-state index contributed by atoms with van der Waals surface area (Å²) in [5.41, 5.74) is 4.21. The predicted molar refractivity (Wildman–Crippen MR) is 127 cm³/mol. The Balaban J connectivity index is 1.54. The number of pyridine rings is 1. The number of rotatable bonds is 8. The molecule has 0 spiro atoms. The standard InChI is InChI=1S/C24H27FN4OS/c1-26-24(28-15-20-10-11-22(25)13-21(20)17-31-2)27-14-18-6-8-19(9-7-18)16-29-12-4-3-5-23(29)30/h3-13H,14-17H2,1-2H3,(H2,26,27,28). The number of guanidine groups is 1. The SMILES string of the molecule is CN=C(NCc1ccc(Cn2ccccc2=O)cc1)NCc1ccc(F)cc1CSC. The molecule has 7 heteroatoms. The summed E-state index contributed by atoms with van der Waals surface area (Å²) in [4.78, 5) is 16.1. The van der Waals surface area contributed by atoms with E-state index in [0.717, 1.165) is 28.0 Å². The van der Waals surface area contributed by atoms with Crippen LogP contribution in [0.5, 0.6) is 0 Å². The van der Waals surface area contributed by atoms with Crippen LogP contribution in [0.3, 0.4) is 0 Å². The first kappa shape index (κ1) is 22.6. The largest absolute Gasteiger partial charge is 0.352 e. The minimum atomic E-state index is -0.212. The van der Waals surface area contributed by atoms with Crippen molar-refractivity contribution in [1.29, 1.82) is 0 Å². The highest BCUT2D eigenvalue weighted by atomic mass is 32.2. The van der Waals surface area contributed by atoms with Crippen LogP contribution in [0.4, 0.5) is 4.39 Å². The highest BCUT2D eigenvalue weighted by Crippen LogP contribution is 2.16. The van der Waals surface area contributed by atoms with E-state index in [1.807, 2.05) is 42.7 Å². The van der Waals surface area contributed by atoms with Gasteiger partial charge in [0.15, 0.2) is 5.96 Å². The molecule has 3 aromatic rings. The van der Waals surface area contributed by atoms with E-state index in [9.17, 15) is 9.18 Å². The molecule has 1 aromatic heterocycles. The Bertz CT molecular complexity index is 1080. The van der Waals surface area contributed by atoms with Crippen LogP contribution in [-0.2, 0) is 25.4 Å². The topological polar surface area (TPSA) is 58.4 Å². The van der Waals surface area contributed by atoms with Gasteiger partial charge >= 0.3 is 0 Å². The zero-order valence-electron chi connectivity index (χ0n) is 17.8. The van der Waals surface area contributed by atoms with Crippen LogP contribution in [0.15, 0.2) is 76.6 Å². The van der Waals surface area contributed by atoms with Crippen molar-refractivity contribution in [2.24, 2.45) is 4.99 Å². The summed E-state index contributed by atoms with van der Waals surface area (Å²) in [7, 11) is 1.73. The van der Waals surface area contributed by atoms with Crippen LogP contribution in [-0.4, -0.2) is 23.8 Å². The van der Waals surface area contributed by atoms with Gasteiger partial charge in [-0.3, -0.25) is 9.79 Å². The molecule has 0 bridgehead atoms. The molecule has 162 valence electrons. The molecule has 0 saturated heterocycles. The van der Waals surface area contributed by atoms with Gasteiger partial charge in [-0.05, 0) is 46.7 Å². The van der Waals surface area contributed by atoms with Crippen LogP contribution >= 0.6 is 11.8 Å². The molecular weight excluding hydrogens is 411 g/mol. The van der Waals surface area contributed by atoms with Crippen molar-refractivity contribution in [3.05, 3.63) is 105 Å². The first-order valence-electron chi connectivity index (χ1n) is 10.0. The number of nitrogens with one attached hydrogen (secondary N) is 2. The minimum absolute atomic E-state index is 0.00930. The number of hydrogen-bond acceptors (Lipinski definition) is 3. The van der Waals surface area contributed by atoms with Gasteiger partial charge in [0.1, 0.15) is 5.82 Å². The zero-order chi connectivity index (χ0) is 22.1. The summed E-state index contributed by atoms with van der Waals surface area (Å²) in [6.45, 7) is 1.74. The lowest BCUT2D eigenvalue weighted by molar-refractivity contribution is 0.625. The smallest absolute Gasteiger partial charge is 0.250 e. The van der Waals surface area contributed by atoms with Crippen molar-refractivity contribution >= 4 is 17.7 Å². The third-order valence-corrected chi connectivity index (χ3v) is 5.47. The van der Waals surface area contributed by atoms with Gasteiger partial charge in [-0.25, -0.2) is 4.39 Å².